The number of pyridine rings is 1. The SMILES string of the molecule is Cc1cc([N+](=O)[O-])ccc1Cc1ccn2ncnc2c1. The van der Waals surface area contributed by atoms with Gasteiger partial charge >= 0.3 is 0 Å². The summed E-state index contributed by atoms with van der Waals surface area (Å²) in [4.78, 5) is 14.5. The summed E-state index contributed by atoms with van der Waals surface area (Å²) in [6.45, 7) is 1.89. The highest BCUT2D eigenvalue weighted by atomic mass is 16.6. The number of nitro benzene ring substituents is 1. The minimum Gasteiger partial charge on any atom is -0.258 e. The van der Waals surface area contributed by atoms with Gasteiger partial charge in [-0.15, -0.1) is 0 Å². The zero-order valence-corrected chi connectivity index (χ0v) is 10.9. The summed E-state index contributed by atoms with van der Waals surface area (Å²) in [5, 5.41) is 14.8. The van der Waals surface area contributed by atoms with Crippen LogP contribution in [0.25, 0.3) is 5.65 Å². The lowest BCUT2D eigenvalue weighted by molar-refractivity contribution is -0.384. The molecule has 3 aromatic rings. The van der Waals surface area contributed by atoms with E-state index in [-0.39, 0.29) is 10.6 Å². The minimum absolute atomic E-state index is 0.124. The van der Waals surface area contributed by atoms with Gasteiger partial charge in [0.25, 0.3) is 5.69 Å². The zero-order chi connectivity index (χ0) is 14.1. The molecule has 0 amide bonds. The highest BCUT2D eigenvalue weighted by Gasteiger charge is 2.09. The van der Waals surface area contributed by atoms with Crippen LogP contribution in [0.3, 0.4) is 0 Å². The fourth-order valence-electron chi connectivity index (χ4n) is 2.18. The van der Waals surface area contributed by atoms with Crippen molar-refractivity contribution in [2.75, 3.05) is 0 Å². The molecule has 0 bridgehead atoms. The second-order valence-corrected chi connectivity index (χ2v) is 4.64. The first-order valence-corrected chi connectivity index (χ1v) is 6.16. The molecule has 0 aliphatic heterocycles. The van der Waals surface area contributed by atoms with Gasteiger partial charge in [-0.3, -0.25) is 10.1 Å². The molecule has 0 aliphatic carbocycles. The van der Waals surface area contributed by atoms with Crippen LogP contribution in [0.5, 0.6) is 0 Å². The smallest absolute Gasteiger partial charge is 0.258 e. The molecule has 2 aromatic heterocycles. The van der Waals surface area contributed by atoms with Crippen molar-refractivity contribution in [2.24, 2.45) is 0 Å². The molecule has 20 heavy (non-hydrogen) atoms. The molecule has 0 N–H and O–H groups in total. The van der Waals surface area contributed by atoms with Crippen LogP contribution < -0.4 is 0 Å². The Morgan fingerprint density at radius 2 is 2.15 bits per heavy atom. The van der Waals surface area contributed by atoms with Gasteiger partial charge in [-0.25, -0.2) is 9.50 Å². The van der Waals surface area contributed by atoms with Crippen LogP contribution in [-0.4, -0.2) is 19.5 Å². The molecule has 0 aliphatic rings. The average molecular weight is 268 g/mol. The van der Waals surface area contributed by atoms with Gasteiger partial charge in [0.2, 0.25) is 0 Å². The predicted molar refractivity (Wildman–Crippen MR) is 73.6 cm³/mol. The third-order valence-corrected chi connectivity index (χ3v) is 3.28. The fourth-order valence-corrected chi connectivity index (χ4v) is 2.18. The third-order valence-electron chi connectivity index (χ3n) is 3.28. The van der Waals surface area contributed by atoms with E-state index in [0.29, 0.717) is 6.42 Å². The van der Waals surface area contributed by atoms with Crippen LogP contribution in [0.2, 0.25) is 0 Å². The van der Waals surface area contributed by atoms with E-state index in [0.717, 1.165) is 22.3 Å². The monoisotopic (exact) mass is 268 g/mol. The van der Waals surface area contributed by atoms with E-state index in [1.807, 2.05) is 31.3 Å². The number of fused-ring (bicyclic) bond motifs is 1. The van der Waals surface area contributed by atoms with Crippen LogP contribution in [0, 0.1) is 17.0 Å². The van der Waals surface area contributed by atoms with Crippen LogP contribution in [0.15, 0.2) is 42.9 Å². The fraction of sp³-hybridized carbons (Fsp3) is 0.143. The summed E-state index contributed by atoms with van der Waals surface area (Å²) in [6, 6.07) is 8.89. The molecule has 0 fully saturated rings. The van der Waals surface area contributed by atoms with Gasteiger partial charge in [-0.1, -0.05) is 6.07 Å². The van der Waals surface area contributed by atoms with Gasteiger partial charge in [0, 0.05) is 18.3 Å². The van der Waals surface area contributed by atoms with Crippen molar-refractivity contribution in [3.05, 3.63) is 69.7 Å². The van der Waals surface area contributed by atoms with Crippen molar-refractivity contribution in [1.82, 2.24) is 14.6 Å². The van der Waals surface area contributed by atoms with E-state index in [2.05, 4.69) is 10.1 Å². The normalized spacial score (nSPS) is 10.8. The number of nitrogens with zero attached hydrogens (tertiary/aromatic N) is 4. The molecule has 6 heteroatoms. The van der Waals surface area contributed by atoms with Gasteiger partial charge in [0.15, 0.2) is 5.65 Å². The standard InChI is InChI=1S/C14H12N4O2/c1-10-6-13(18(19)20)3-2-12(10)7-11-4-5-17-14(8-11)15-9-16-17/h2-6,8-9H,7H2,1H3. The molecule has 0 unspecified atom stereocenters. The first-order valence-electron chi connectivity index (χ1n) is 6.16. The quantitative estimate of drug-likeness (QED) is 0.540. The summed E-state index contributed by atoms with van der Waals surface area (Å²) >= 11 is 0. The number of non-ortho nitro benzene ring substituents is 1. The Labute approximate surface area is 114 Å². The molecule has 6 nitrogen and oxygen atoms in total. The Morgan fingerprint density at radius 1 is 1.30 bits per heavy atom. The maximum atomic E-state index is 10.7. The molecular formula is C14H12N4O2. The summed E-state index contributed by atoms with van der Waals surface area (Å²) in [7, 11) is 0. The van der Waals surface area contributed by atoms with Gasteiger partial charge in [0.05, 0.1) is 4.92 Å². The highest BCUT2D eigenvalue weighted by molar-refractivity contribution is 5.44. The lowest BCUT2D eigenvalue weighted by Crippen LogP contribution is -1.96. The Morgan fingerprint density at radius 3 is 2.90 bits per heavy atom. The molecule has 100 valence electrons. The largest absolute Gasteiger partial charge is 0.269 e. The molecule has 0 saturated carbocycles. The van der Waals surface area contributed by atoms with Crippen LogP contribution in [-0.2, 0) is 6.42 Å². The Balaban J connectivity index is 1.92. The van der Waals surface area contributed by atoms with Crippen molar-refractivity contribution in [2.45, 2.75) is 13.3 Å². The van der Waals surface area contributed by atoms with E-state index < -0.39 is 0 Å². The number of hydrogen-bond acceptors (Lipinski definition) is 4. The molecule has 0 spiro atoms. The van der Waals surface area contributed by atoms with E-state index in [9.17, 15) is 10.1 Å². The van der Waals surface area contributed by atoms with Crippen molar-refractivity contribution in [3.63, 3.8) is 0 Å². The Bertz CT molecular complexity index is 795. The summed E-state index contributed by atoms with van der Waals surface area (Å²) in [6.07, 6.45) is 4.09. The summed E-state index contributed by atoms with van der Waals surface area (Å²) < 4.78 is 1.70. The van der Waals surface area contributed by atoms with Crippen LogP contribution in [0.1, 0.15) is 16.7 Å². The number of hydrogen-bond donors (Lipinski definition) is 0. The topological polar surface area (TPSA) is 73.3 Å². The third kappa shape index (κ3) is 2.23. The van der Waals surface area contributed by atoms with Crippen LogP contribution >= 0.6 is 0 Å². The summed E-state index contributed by atoms with van der Waals surface area (Å²) in [5.41, 5.74) is 4.00. The molecular weight excluding hydrogens is 256 g/mol. The van der Waals surface area contributed by atoms with E-state index >= 15 is 0 Å². The lowest BCUT2D eigenvalue weighted by atomic mass is 10.0. The molecule has 3 rings (SSSR count). The number of aryl methyl sites for hydroxylation is 1. The Hall–Kier alpha value is -2.76. The maximum absolute atomic E-state index is 10.7. The highest BCUT2D eigenvalue weighted by Crippen LogP contribution is 2.20. The molecule has 0 saturated heterocycles. The molecule has 0 atom stereocenters. The number of nitro groups is 1. The number of rotatable bonds is 3. The molecule has 1 aromatic carbocycles. The van der Waals surface area contributed by atoms with E-state index in [1.54, 1.807) is 10.6 Å². The average Bonchev–Trinajstić information content (AvgIpc) is 2.88. The van der Waals surface area contributed by atoms with Crippen LogP contribution in [0.4, 0.5) is 5.69 Å². The lowest BCUT2D eigenvalue weighted by Gasteiger charge is -2.06. The zero-order valence-electron chi connectivity index (χ0n) is 10.9. The molecule has 0 radical (unpaired) electrons. The van der Waals surface area contributed by atoms with Crippen molar-refractivity contribution < 1.29 is 4.92 Å². The number of aromatic nitrogens is 3. The van der Waals surface area contributed by atoms with Crippen molar-refractivity contribution in [3.8, 4) is 0 Å². The summed E-state index contributed by atoms with van der Waals surface area (Å²) in [5.74, 6) is 0. The van der Waals surface area contributed by atoms with Gasteiger partial charge in [-0.2, -0.15) is 5.10 Å². The van der Waals surface area contributed by atoms with Gasteiger partial charge < -0.3 is 0 Å². The maximum Gasteiger partial charge on any atom is 0.269 e. The van der Waals surface area contributed by atoms with E-state index in [4.69, 9.17) is 0 Å². The second-order valence-electron chi connectivity index (χ2n) is 4.64. The van der Waals surface area contributed by atoms with E-state index in [1.165, 1.54) is 12.4 Å². The van der Waals surface area contributed by atoms with Crippen molar-refractivity contribution in [1.29, 1.82) is 0 Å². The first kappa shape index (κ1) is 12.3. The molecule has 2 heterocycles. The Kier molecular flexibility index (Phi) is 2.90. The number of benzene rings is 1. The second kappa shape index (κ2) is 4.73. The van der Waals surface area contributed by atoms with Gasteiger partial charge in [-0.05, 0) is 42.2 Å². The minimum atomic E-state index is -0.376. The first-order chi connectivity index (χ1) is 9.63. The van der Waals surface area contributed by atoms with Crippen molar-refractivity contribution >= 4 is 11.3 Å². The predicted octanol–water partition coefficient (Wildman–Crippen LogP) is 2.54. The van der Waals surface area contributed by atoms with Gasteiger partial charge in [0.1, 0.15) is 6.33 Å².